The first-order valence-electron chi connectivity index (χ1n) is 10.7. The maximum Gasteiger partial charge on any atom is 0.326 e. The Morgan fingerprint density at radius 1 is 1.18 bits per heavy atom. The van der Waals surface area contributed by atoms with E-state index >= 15 is 0 Å². The fourth-order valence-electron chi connectivity index (χ4n) is 3.40. The Morgan fingerprint density at radius 3 is 2.45 bits per heavy atom. The van der Waals surface area contributed by atoms with Crippen LogP contribution in [0.25, 0.3) is 0 Å². The minimum atomic E-state index is -1.17. The molecular weight excluding hydrogens is 454 g/mol. The van der Waals surface area contributed by atoms with E-state index < -0.39 is 54.5 Å². The van der Waals surface area contributed by atoms with E-state index in [4.69, 9.17) is 22.3 Å². The monoisotopic (exact) mass is 489 g/mol. The van der Waals surface area contributed by atoms with Crippen molar-refractivity contribution in [1.82, 2.24) is 15.5 Å². The molecule has 1 rings (SSSR count). The average molecular weight is 490 g/mol. The van der Waals surface area contributed by atoms with E-state index in [9.17, 15) is 24.3 Å². The summed E-state index contributed by atoms with van der Waals surface area (Å²) in [4.78, 5) is 54.8. The molecule has 33 heavy (non-hydrogen) atoms. The van der Waals surface area contributed by atoms with Crippen molar-refractivity contribution >= 4 is 41.4 Å². The number of aliphatic imine (C=N–C) groups is 1. The number of hydrogen-bond acceptors (Lipinski definition) is 8. The van der Waals surface area contributed by atoms with Gasteiger partial charge in [0.25, 0.3) is 0 Å². The molecule has 0 aromatic carbocycles. The van der Waals surface area contributed by atoms with Crippen LogP contribution in [-0.2, 0) is 19.2 Å². The predicted octanol–water partition coefficient (Wildman–Crippen LogP) is -2.84. The topological polar surface area (TPSA) is 226 Å². The van der Waals surface area contributed by atoms with Gasteiger partial charge in [0.1, 0.15) is 24.2 Å². The standard InChI is InChI=1S/C19H35N7O6S/c1-33-9-6-13(18(31)32)25-15(28)12(4-2-7-23-19(21)22)24-16(29)14-5-3-8-26(14)17(30)11(20)10-27/h11-14,27H,2-10,20H2,1H3,(H,24,29)(H,25,28)(H,31,32)(H4,21,22,23). The predicted molar refractivity (Wildman–Crippen MR) is 124 cm³/mol. The van der Waals surface area contributed by atoms with Gasteiger partial charge in [-0.25, -0.2) is 4.79 Å². The molecule has 10 N–H and O–H groups in total. The number of carbonyl (C=O) groups is 4. The van der Waals surface area contributed by atoms with Crippen LogP contribution in [0.1, 0.15) is 32.1 Å². The van der Waals surface area contributed by atoms with Crippen molar-refractivity contribution in [3.05, 3.63) is 0 Å². The number of hydrogen-bond donors (Lipinski definition) is 7. The second-order valence-electron chi connectivity index (χ2n) is 7.67. The molecule has 4 atom stereocenters. The van der Waals surface area contributed by atoms with Gasteiger partial charge in [-0.3, -0.25) is 19.4 Å². The molecule has 0 saturated carbocycles. The Labute approximate surface area is 196 Å². The number of nitrogens with zero attached hydrogens (tertiary/aromatic N) is 2. The maximum atomic E-state index is 12.9. The van der Waals surface area contributed by atoms with Gasteiger partial charge in [0.05, 0.1) is 6.61 Å². The largest absolute Gasteiger partial charge is 0.480 e. The Kier molecular flexibility index (Phi) is 12.5. The fourth-order valence-corrected chi connectivity index (χ4v) is 3.87. The lowest BCUT2D eigenvalue weighted by Gasteiger charge is -2.28. The Morgan fingerprint density at radius 2 is 1.88 bits per heavy atom. The second kappa shape index (κ2) is 14.5. The molecule has 0 bridgehead atoms. The van der Waals surface area contributed by atoms with E-state index in [-0.39, 0.29) is 25.3 Å². The van der Waals surface area contributed by atoms with E-state index in [1.807, 2.05) is 6.26 Å². The van der Waals surface area contributed by atoms with Gasteiger partial charge in [0.15, 0.2) is 5.96 Å². The number of aliphatic hydroxyl groups excluding tert-OH is 1. The molecular formula is C19H35N7O6S. The number of rotatable bonds is 14. The molecule has 1 fully saturated rings. The molecule has 1 aliphatic heterocycles. The number of amides is 3. The minimum Gasteiger partial charge on any atom is -0.480 e. The van der Waals surface area contributed by atoms with Gasteiger partial charge < -0.3 is 42.9 Å². The van der Waals surface area contributed by atoms with E-state index in [0.29, 0.717) is 31.6 Å². The van der Waals surface area contributed by atoms with Crippen LogP contribution in [0.15, 0.2) is 4.99 Å². The first kappa shape index (κ1) is 28.5. The van der Waals surface area contributed by atoms with Crippen molar-refractivity contribution in [1.29, 1.82) is 0 Å². The number of likely N-dealkylation sites (tertiary alicyclic amines) is 1. The van der Waals surface area contributed by atoms with Gasteiger partial charge in [0, 0.05) is 13.1 Å². The van der Waals surface area contributed by atoms with Crippen molar-refractivity contribution in [2.45, 2.75) is 56.3 Å². The molecule has 3 amide bonds. The summed E-state index contributed by atoms with van der Waals surface area (Å²) in [5.41, 5.74) is 16.2. The van der Waals surface area contributed by atoms with Gasteiger partial charge in [-0.05, 0) is 44.1 Å². The normalized spacial score (nSPS) is 18.2. The molecule has 1 saturated heterocycles. The molecule has 188 valence electrons. The van der Waals surface area contributed by atoms with Crippen LogP contribution < -0.4 is 27.8 Å². The van der Waals surface area contributed by atoms with Crippen LogP contribution in [0.2, 0.25) is 0 Å². The molecule has 14 heteroatoms. The highest BCUT2D eigenvalue weighted by Gasteiger charge is 2.37. The second-order valence-corrected chi connectivity index (χ2v) is 8.66. The van der Waals surface area contributed by atoms with Gasteiger partial charge in [-0.2, -0.15) is 11.8 Å². The first-order valence-corrected chi connectivity index (χ1v) is 12.1. The average Bonchev–Trinajstić information content (AvgIpc) is 3.26. The van der Waals surface area contributed by atoms with Gasteiger partial charge in [-0.1, -0.05) is 0 Å². The number of aliphatic hydroxyl groups is 1. The summed E-state index contributed by atoms with van der Waals surface area (Å²) in [5, 5.41) is 23.7. The van der Waals surface area contributed by atoms with Gasteiger partial charge >= 0.3 is 5.97 Å². The Balaban J connectivity index is 2.92. The van der Waals surface area contributed by atoms with E-state index in [0.717, 1.165) is 0 Å². The SMILES string of the molecule is CSCCC(NC(=O)C(CCCN=C(N)N)NC(=O)C1CCCN1C(=O)C(N)CO)C(=O)O. The summed E-state index contributed by atoms with van der Waals surface area (Å²) >= 11 is 1.45. The highest BCUT2D eigenvalue weighted by molar-refractivity contribution is 7.98. The van der Waals surface area contributed by atoms with Gasteiger partial charge in [-0.15, -0.1) is 0 Å². The number of carbonyl (C=O) groups excluding carboxylic acids is 3. The number of carboxylic acids is 1. The number of carboxylic acid groups (broad SMARTS) is 1. The molecule has 1 heterocycles. The zero-order valence-electron chi connectivity index (χ0n) is 18.7. The lowest BCUT2D eigenvalue weighted by atomic mass is 10.1. The van der Waals surface area contributed by atoms with E-state index in [1.165, 1.54) is 16.7 Å². The summed E-state index contributed by atoms with van der Waals surface area (Å²) in [6.07, 6.45) is 3.50. The van der Waals surface area contributed by atoms with Crippen molar-refractivity contribution in [3.8, 4) is 0 Å². The van der Waals surface area contributed by atoms with Crippen molar-refractivity contribution in [2.24, 2.45) is 22.2 Å². The molecule has 1 aliphatic rings. The Bertz CT molecular complexity index is 719. The molecule has 0 radical (unpaired) electrons. The lowest BCUT2D eigenvalue weighted by molar-refractivity contribution is -0.143. The lowest BCUT2D eigenvalue weighted by Crippen LogP contribution is -2.57. The van der Waals surface area contributed by atoms with Gasteiger partial charge in [0.2, 0.25) is 17.7 Å². The van der Waals surface area contributed by atoms with Crippen molar-refractivity contribution in [3.63, 3.8) is 0 Å². The third-order valence-corrected chi connectivity index (χ3v) is 5.80. The molecule has 0 aliphatic carbocycles. The molecule has 0 aromatic heterocycles. The number of guanidine groups is 1. The van der Waals surface area contributed by atoms with Crippen LogP contribution in [0, 0.1) is 0 Å². The van der Waals surface area contributed by atoms with Crippen LogP contribution >= 0.6 is 11.8 Å². The fraction of sp³-hybridized carbons (Fsp3) is 0.737. The van der Waals surface area contributed by atoms with Crippen LogP contribution in [0.3, 0.4) is 0 Å². The smallest absolute Gasteiger partial charge is 0.326 e. The summed E-state index contributed by atoms with van der Waals surface area (Å²) in [6.45, 7) is -0.0237. The molecule has 4 unspecified atom stereocenters. The van der Waals surface area contributed by atoms with Crippen molar-refractivity contribution < 1.29 is 29.4 Å². The van der Waals surface area contributed by atoms with Crippen LogP contribution in [-0.4, -0.2) is 101 Å². The third-order valence-electron chi connectivity index (χ3n) is 5.16. The van der Waals surface area contributed by atoms with Crippen molar-refractivity contribution in [2.75, 3.05) is 31.7 Å². The van der Waals surface area contributed by atoms with E-state index in [2.05, 4.69) is 15.6 Å². The number of aliphatic carboxylic acids is 1. The van der Waals surface area contributed by atoms with Crippen LogP contribution in [0.5, 0.6) is 0 Å². The first-order chi connectivity index (χ1) is 15.6. The summed E-state index contributed by atoms with van der Waals surface area (Å²) in [6, 6.07) is -4.12. The highest BCUT2D eigenvalue weighted by atomic mass is 32.2. The molecule has 0 spiro atoms. The zero-order valence-corrected chi connectivity index (χ0v) is 19.6. The molecule has 0 aromatic rings. The quantitative estimate of drug-likeness (QED) is 0.0750. The number of thioether (sulfide) groups is 1. The summed E-state index contributed by atoms with van der Waals surface area (Å²) in [5.74, 6) is -2.50. The maximum absolute atomic E-state index is 12.9. The summed E-state index contributed by atoms with van der Waals surface area (Å²) < 4.78 is 0. The third kappa shape index (κ3) is 9.43. The highest BCUT2D eigenvalue weighted by Crippen LogP contribution is 2.19. The molecule has 13 nitrogen and oxygen atoms in total. The van der Waals surface area contributed by atoms with E-state index in [1.54, 1.807) is 0 Å². The minimum absolute atomic E-state index is 0.108. The number of nitrogens with one attached hydrogen (secondary N) is 2. The Hall–Kier alpha value is -2.58. The van der Waals surface area contributed by atoms with Crippen LogP contribution in [0.4, 0.5) is 0 Å². The zero-order chi connectivity index (χ0) is 25.0. The summed E-state index contributed by atoms with van der Waals surface area (Å²) in [7, 11) is 0. The number of nitrogens with two attached hydrogens (primary N) is 3.